The van der Waals surface area contributed by atoms with Crippen LogP contribution in [0.2, 0.25) is 0 Å². The molecule has 1 amide bonds. The Morgan fingerprint density at radius 3 is 2.32 bits per heavy atom. The number of sulfonamides is 1. The molecule has 2 aliphatic rings. The van der Waals surface area contributed by atoms with Gasteiger partial charge >= 0.3 is 0 Å². The first kappa shape index (κ1) is 17.7. The summed E-state index contributed by atoms with van der Waals surface area (Å²) in [5, 5.41) is 0. The van der Waals surface area contributed by atoms with Gasteiger partial charge < -0.3 is 4.90 Å². The van der Waals surface area contributed by atoms with Crippen molar-refractivity contribution in [1.82, 2.24) is 14.5 Å². The normalized spacial score (nSPS) is 22.4. The molecule has 1 aliphatic carbocycles. The molecule has 0 atom stereocenters. The summed E-state index contributed by atoms with van der Waals surface area (Å²) in [6.45, 7) is 6.25. The molecule has 0 aromatic rings. The van der Waals surface area contributed by atoms with Crippen LogP contribution >= 0.6 is 0 Å². The fourth-order valence-electron chi connectivity index (χ4n) is 3.51. The standard InChI is InChI=1S/C15H29N3O3S/c1-12(2)17(3)11-14(19)18-7-5-15(6-8-18)9-13(10-15)16-22(4,20)21/h12-13,16H,5-11H2,1-4H3. The summed E-state index contributed by atoms with van der Waals surface area (Å²) in [5.74, 6) is 0.205. The molecular weight excluding hydrogens is 302 g/mol. The van der Waals surface area contributed by atoms with E-state index in [2.05, 4.69) is 23.5 Å². The van der Waals surface area contributed by atoms with Crippen LogP contribution in [0.3, 0.4) is 0 Å². The van der Waals surface area contributed by atoms with Crippen LogP contribution < -0.4 is 4.72 Å². The molecule has 1 saturated carbocycles. The van der Waals surface area contributed by atoms with Crippen LogP contribution in [0.4, 0.5) is 0 Å². The zero-order valence-corrected chi connectivity index (χ0v) is 14.9. The lowest BCUT2D eigenvalue weighted by Gasteiger charge is -2.52. The van der Waals surface area contributed by atoms with Gasteiger partial charge in [0.15, 0.2) is 0 Å². The number of nitrogens with zero attached hydrogens (tertiary/aromatic N) is 2. The van der Waals surface area contributed by atoms with Crippen molar-refractivity contribution in [1.29, 1.82) is 0 Å². The van der Waals surface area contributed by atoms with E-state index in [1.165, 1.54) is 6.26 Å². The fraction of sp³-hybridized carbons (Fsp3) is 0.933. The Kier molecular flexibility index (Phi) is 5.19. The van der Waals surface area contributed by atoms with Crippen molar-refractivity contribution in [2.45, 2.75) is 51.6 Å². The van der Waals surface area contributed by atoms with Gasteiger partial charge in [-0.2, -0.15) is 0 Å². The molecule has 1 aliphatic heterocycles. The lowest BCUT2D eigenvalue weighted by molar-refractivity contribution is -0.136. The highest BCUT2D eigenvalue weighted by atomic mass is 32.2. The molecule has 6 nitrogen and oxygen atoms in total. The predicted octanol–water partition coefficient (Wildman–Crippen LogP) is 0.647. The Morgan fingerprint density at radius 1 is 1.32 bits per heavy atom. The highest BCUT2D eigenvalue weighted by molar-refractivity contribution is 7.88. The minimum absolute atomic E-state index is 0.0873. The Morgan fingerprint density at radius 2 is 1.86 bits per heavy atom. The van der Waals surface area contributed by atoms with Crippen LogP contribution in [0.5, 0.6) is 0 Å². The Hall–Kier alpha value is -0.660. The molecule has 0 aromatic heterocycles. The van der Waals surface area contributed by atoms with Gasteiger partial charge in [0.25, 0.3) is 0 Å². The molecule has 7 heteroatoms. The van der Waals surface area contributed by atoms with Crippen molar-refractivity contribution < 1.29 is 13.2 Å². The van der Waals surface area contributed by atoms with Crippen LogP contribution in [0.15, 0.2) is 0 Å². The summed E-state index contributed by atoms with van der Waals surface area (Å²) in [4.78, 5) is 16.3. The van der Waals surface area contributed by atoms with Gasteiger partial charge in [-0.05, 0) is 52.0 Å². The third kappa shape index (κ3) is 4.43. The summed E-state index contributed by atoms with van der Waals surface area (Å²) in [7, 11) is -1.13. The van der Waals surface area contributed by atoms with E-state index in [0.29, 0.717) is 12.6 Å². The second-order valence-electron chi connectivity index (χ2n) is 7.38. The number of likely N-dealkylation sites (tertiary alicyclic amines) is 1. The SMILES string of the molecule is CC(C)N(C)CC(=O)N1CCC2(CC1)CC(NS(C)(=O)=O)C2. The number of likely N-dealkylation sites (N-methyl/N-ethyl adjacent to an activating group) is 1. The molecule has 0 aromatic carbocycles. The van der Waals surface area contributed by atoms with Crippen molar-refractivity contribution in [3.05, 3.63) is 0 Å². The molecule has 1 saturated heterocycles. The number of amides is 1. The van der Waals surface area contributed by atoms with Crippen molar-refractivity contribution in [2.75, 3.05) is 32.9 Å². The molecule has 128 valence electrons. The summed E-state index contributed by atoms with van der Waals surface area (Å²) in [6.07, 6.45) is 5.02. The molecule has 0 bridgehead atoms. The maximum absolute atomic E-state index is 12.3. The Balaban J connectivity index is 1.76. The van der Waals surface area contributed by atoms with Crippen molar-refractivity contribution >= 4 is 15.9 Å². The Labute approximate surface area is 134 Å². The van der Waals surface area contributed by atoms with Crippen molar-refractivity contribution in [2.24, 2.45) is 5.41 Å². The third-order valence-corrected chi connectivity index (χ3v) is 5.94. The number of nitrogens with one attached hydrogen (secondary N) is 1. The first-order valence-electron chi connectivity index (χ1n) is 8.06. The quantitative estimate of drug-likeness (QED) is 0.803. The van der Waals surface area contributed by atoms with Gasteiger partial charge in [-0.1, -0.05) is 0 Å². The second-order valence-corrected chi connectivity index (χ2v) is 9.16. The summed E-state index contributed by atoms with van der Waals surface area (Å²) in [6, 6.07) is 0.457. The zero-order valence-electron chi connectivity index (χ0n) is 14.1. The largest absolute Gasteiger partial charge is 0.342 e. The summed E-state index contributed by atoms with van der Waals surface area (Å²) >= 11 is 0. The summed E-state index contributed by atoms with van der Waals surface area (Å²) in [5.41, 5.74) is 0.253. The number of piperidine rings is 1. The van der Waals surface area contributed by atoms with E-state index in [1.807, 2.05) is 11.9 Å². The van der Waals surface area contributed by atoms with Crippen LogP contribution in [0.1, 0.15) is 39.5 Å². The maximum Gasteiger partial charge on any atom is 0.236 e. The van der Waals surface area contributed by atoms with Crippen molar-refractivity contribution in [3.63, 3.8) is 0 Å². The monoisotopic (exact) mass is 331 g/mol. The first-order chi connectivity index (χ1) is 10.1. The molecule has 1 spiro atoms. The molecule has 1 heterocycles. The smallest absolute Gasteiger partial charge is 0.236 e. The van der Waals surface area contributed by atoms with E-state index in [0.717, 1.165) is 38.8 Å². The number of carbonyl (C=O) groups excluding carboxylic acids is 1. The van der Waals surface area contributed by atoms with E-state index in [9.17, 15) is 13.2 Å². The lowest BCUT2D eigenvalue weighted by Crippen LogP contribution is -2.56. The topological polar surface area (TPSA) is 69.7 Å². The minimum atomic E-state index is -3.11. The van der Waals surface area contributed by atoms with Gasteiger partial charge in [-0.15, -0.1) is 0 Å². The van der Waals surface area contributed by atoms with E-state index in [-0.39, 0.29) is 17.4 Å². The fourth-order valence-corrected chi connectivity index (χ4v) is 4.28. The number of hydrogen-bond donors (Lipinski definition) is 1. The molecule has 1 N–H and O–H groups in total. The van der Waals surface area contributed by atoms with Gasteiger partial charge in [0.1, 0.15) is 0 Å². The average molecular weight is 331 g/mol. The van der Waals surface area contributed by atoms with Gasteiger partial charge in [0.2, 0.25) is 15.9 Å². The summed E-state index contributed by atoms with van der Waals surface area (Å²) < 4.78 is 25.2. The van der Waals surface area contributed by atoms with E-state index < -0.39 is 10.0 Å². The highest BCUT2D eigenvalue weighted by Gasteiger charge is 2.47. The van der Waals surface area contributed by atoms with E-state index in [4.69, 9.17) is 0 Å². The van der Waals surface area contributed by atoms with Gasteiger partial charge in [-0.3, -0.25) is 9.69 Å². The lowest BCUT2D eigenvalue weighted by atomic mass is 9.60. The van der Waals surface area contributed by atoms with Gasteiger partial charge in [0, 0.05) is 25.2 Å². The van der Waals surface area contributed by atoms with Crippen LogP contribution in [-0.2, 0) is 14.8 Å². The Bertz CT molecular complexity index is 502. The van der Waals surface area contributed by atoms with E-state index in [1.54, 1.807) is 0 Å². The first-order valence-corrected chi connectivity index (χ1v) is 9.95. The molecule has 0 radical (unpaired) electrons. The van der Waals surface area contributed by atoms with Crippen molar-refractivity contribution in [3.8, 4) is 0 Å². The average Bonchev–Trinajstić information content (AvgIpc) is 2.35. The van der Waals surface area contributed by atoms with Crippen LogP contribution in [0, 0.1) is 5.41 Å². The number of carbonyl (C=O) groups is 1. The number of rotatable bonds is 5. The molecule has 2 rings (SSSR count). The van der Waals surface area contributed by atoms with Gasteiger partial charge in [-0.25, -0.2) is 13.1 Å². The number of hydrogen-bond acceptors (Lipinski definition) is 4. The van der Waals surface area contributed by atoms with Crippen LogP contribution in [-0.4, -0.2) is 69.1 Å². The third-order valence-electron chi connectivity index (χ3n) is 5.18. The second kappa shape index (κ2) is 6.45. The maximum atomic E-state index is 12.3. The predicted molar refractivity (Wildman–Crippen MR) is 87.0 cm³/mol. The molecule has 22 heavy (non-hydrogen) atoms. The van der Waals surface area contributed by atoms with Crippen LogP contribution in [0.25, 0.3) is 0 Å². The van der Waals surface area contributed by atoms with Gasteiger partial charge in [0.05, 0.1) is 12.8 Å². The zero-order chi connectivity index (χ0) is 16.5. The van der Waals surface area contributed by atoms with E-state index >= 15 is 0 Å². The minimum Gasteiger partial charge on any atom is -0.342 e. The molecule has 2 fully saturated rings. The highest BCUT2D eigenvalue weighted by Crippen LogP contribution is 2.49. The molecular formula is C15H29N3O3S. The molecule has 0 unspecified atom stereocenters.